The molecule has 2 heteroatoms. The second-order valence-electron chi connectivity index (χ2n) is 2.72. The Bertz CT molecular complexity index is 255. The molecule has 2 nitrogen and oxygen atoms in total. The molecule has 0 heterocycles. The molecule has 0 amide bonds. The highest BCUT2D eigenvalue weighted by atomic mass is 16.1. The molecule has 1 aliphatic rings. The van der Waals surface area contributed by atoms with Crippen molar-refractivity contribution in [2.45, 2.75) is 6.42 Å². The first-order valence-corrected chi connectivity index (χ1v) is 3.52. The summed E-state index contributed by atoms with van der Waals surface area (Å²) < 4.78 is 0. The monoisotopic (exact) mass is 149 g/mol. The number of hydrogen-bond donors (Lipinski definition) is 0. The normalized spacial score (nSPS) is 15.8. The number of nitrogens with zero attached hydrogens (tertiary/aromatic N) is 1. The molecule has 0 saturated carbocycles. The molecule has 1 aliphatic carbocycles. The quantitative estimate of drug-likeness (QED) is 0.521. The molecule has 0 aromatic rings. The maximum atomic E-state index is 10.3. The SMILES string of the molecule is CN(C)C1=CC=CC(=C=O)C1. The maximum absolute atomic E-state index is 10.3. The van der Waals surface area contributed by atoms with Crippen LogP contribution in [0.1, 0.15) is 6.42 Å². The van der Waals surface area contributed by atoms with E-state index in [0.717, 1.165) is 11.3 Å². The van der Waals surface area contributed by atoms with Gasteiger partial charge in [-0.25, -0.2) is 4.79 Å². The van der Waals surface area contributed by atoms with Crippen molar-refractivity contribution in [3.05, 3.63) is 29.5 Å². The van der Waals surface area contributed by atoms with Crippen LogP contribution in [-0.2, 0) is 4.79 Å². The molecular formula is C9H11NO. The van der Waals surface area contributed by atoms with Crippen molar-refractivity contribution in [1.82, 2.24) is 4.90 Å². The van der Waals surface area contributed by atoms with Gasteiger partial charge in [0.2, 0.25) is 0 Å². The third-order valence-corrected chi connectivity index (χ3v) is 1.66. The van der Waals surface area contributed by atoms with E-state index in [1.165, 1.54) is 0 Å². The third kappa shape index (κ3) is 1.82. The predicted molar refractivity (Wildman–Crippen MR) is 44.7 cm³/mol. The van der Waals surface area contributed by atoms with E-state index in [4.69, 9.17) is 0 Å². The molecule has 11 heavy (non-hydrogen) atoms. The minimum Gasteiger partial charge on any atom is -0.381 e. The summed E-state index contributed by atoms with van der Waals surface area (Å²) in [6, 6.07) is 0. The second-order valence-corrected chi connectivity index (χ2v) is 2.72. The van der Waals surface area contributed by atoms with E-state index in [9.17, 15) is 4.79 Å². The molecule has 0 bridgehead atoms. The molecule has 1 rings (SSSR count). The van der Waals surface area contributed by atoms with Gasteiger partial charge in [-0.15, -0.1) is 0 Å². The summed E-state index contributed by atoms with van der Waals surface area (Å²) in [5.74, 6) is 1.90. The fourth-order valence-corrected chi connectivity index (χ4v) is 0.966. The zero-order chi connectivity index (χ0) is 8.27. The van der Waals surface area contributed by atoms with E-state index in [2.05, 4.69) is 0 Å². The van der Waals surface area contributed by atoms with Crippen molar-refractivity contribution in [1.29, 1.82) is 0 Å². The molecule has 0 saturated heterocycles. The minimum atomic E-state index is 0.701. The van der Waals surface area contributed by atoms with Crippen LogP contribution in [0.3, 0.4) is 0 Å². The average Bonchev–Trinajstić information content (AvgIpc) is 2.05. The zero-order valence-corrected chi connectivity index (χ0v) is 6.79. The highest BCUT2D eigenvalue weighted by Gasteiger charge is 2.05. The Morgan fingerprint density at radius 3 is 2.82 bits per heavy atom. The van der Waals surface area contributed by atoms with Crippen molar-refractivity contribution in [2.75, 3.05) is 14.1 Å². The van der Waals surface area contributed by atoms with Gasteiger partial charge in [0.1, 0.15) is 5.94 Å². The largest absolute Gasteiger partial charge is 0.381 e. The summed E-state index contributed by atoms with van der Waals surface area (Å²) >= 11 is 0. The van der Waals surface area contributed by atoms with Crippen molar-refractivity contribution in [3.8, 4) is 0 Å². The molecule has 0 radical (unpaired) electrons. The lowest BCUT2D eigenvalue weighted by atomic mass is 10.1. The summed E-state index contributed by atoms with van der Waals surface area (Å²) in [5, 5.41) is 0. The molecule has 0 N–H and O–H groups in total. The van der Waals surface area contributed by atoms with Crippen molar-refractivity contribution in [2.24, 2.45) is 0 Å². The van der Waals surface area contributed by atoms with Gasteiger partial charge in [0.25, 0.3) is 0 Å². The van der Waals surface area contributed by atoms with E-state index in [-0.39, 0.29) is 0 Å². The second kappa shape index (κ2) is 3.22. The molecule has 58 valence electrons. The van der Waals surface area contributed by atoms with Crippen LogP contribution in [-0.4, -0.2) is 24.9 Å². The van der Waals surface area contributed by atoms with E-state index in [1.807, 2.05) is 37.1 Å². The molecule has 0 aromatic carbocycles. The van der Waals surface area contributed by atoms with E-state index in [0.29, 0.717) is 6.42 Å². The molecular weight excluding hydrogens is 138 g/mol. The van der Waals surface area contributed by atoms with Crippen LogP contribution in [0.5, 0.6) is 0 Å². The Balaban J connectivity index is 2.80. The lowest BCUT2D eigenvalue weighted by Gasteiger charge is -2.18. The molecule has 0 spiro atoms. The first-order chi connectivity index (χ1) is 5.24. The van der Waals surface area contributed by atoms with Gasteiger partial charge in [-0.3, -0.25) is 0 Å². The number of hydrogen-bond acceptors (Lipinski definition) is 2. The molecule has 0 unspecified atom stereocenters. The summed E-state index contributed by atoms with van der Waals surface area (Å²) in [4.78, 5) is 12.3. The fourth-order valence-electron chi connectivity index (χ4n) is 0.966. The van der Waals surface area contributed by atoms with Gasteiger partial charge in [-0.1, -0.05) is 6.08 Å². The van der Waals surface area contributed by atoms with Gasteiger partial charge >= 0.3 is 0 Å². The lowest BCUT2D eigenvalue weighted by molar-refractivity contribution is 0.497. The molecule has 0 aliphatic heterocycles. The van der Waals surface area contributed by atoms with Gasteiger partial charge in [0.15, 0.2) is 0 Å². The minimum absolute atomic E-state index is 0.701. The Morgan fingerprint density at radius 2 is 2.27 bits per heavy atom. The number of rotatable bonds is 1. The van der Waals surface area contributed by atoms with Gasteiger partial charge in [-0.05, 0) is 12.2 Å². The van der Waals surface area contributed by atoms with E-state index < -0.39 is 0 Å². The predicted octanol–water partition coefficient (Wildman–Crippen LogP) is 1.15. The summed E-state index contributed by atoms with van der Waals surface area (Å²) in [6.45, 7) is 0. The highest BCUT2D eigenvalue weighted by molar-refractivity contribution is 5.59. The van der Waals surface area contributed by atoms with Crippen LogP contribution in [0.2, 0.25) is 0 Å². The lowest BCUT2D eigenvalue weighted by Crippen LogP contribution is -2.12. The molecule has 0 fully saturated rings. The molecule has 0 aromatic heterocycles. The van der Waals surface area contributed by atoms with Crippen LogP contribution in [0.4, 0.5) is 0 Å². The topological polar surface area (TPSA) is 20.3 Å². The summed E-state index contributed by atoms with van der Waals surface area (Å²) in [5.41, 5.74) is 1.86. The maximum Gasteiger partial charge on any atom is 0.128 e. The van der Waals surface area contributed by atoms with Crippen molar-refractivity contribution in [3.63, 3.8) is 0 Å². The number of allylic oxidation sites excluding steroid dienone is 4. The Kier molecular flexibility index (Phi) is 2.29. The van der Waals surface area contributed by atoms with Crippen LogP contribution in [0, 0.1) is 0 Å². The van der Waals surface area contributed by atoms with Crippen molar-refractivity contribution < 1.29 is 4.79 Å². The van der Waals surface area contributed by atoms with Crippen LogP contribution in [0.15, 0.2) is 29.5 Å². The third-order valence-electron chi connectivity index (χ3n) is 1.66. The number of carbonyl (C=O) groups excluding carboxylic acids is 1. The Labute approximate surface area is 66.5 Å². The van der Waals surface area contributed by atoms with Crippen LogP contribution in [0.25, 0.3) is 0 Å². The Hall–Kier alpha value is -1.27. The van der Waals surface area contributed by atoms with Gasteiger partial charge < -0.3 is 4.90 Å². The zero-order valence-electron chi connectivity index (χ0n) is 6.79. The van der Waals surface area contributed by atoms with Gasteiger partial charge in [-0.2, -0.15) is 0 Å². The standard InChI is InChI=1S/C9H11NO/c1-10(2)9-5-3-4-8(6-9)7-11/h3-5H,6H2,1-2H3. The van der Waals surface area contributed by atoms with E-state index >= 15 is 0 Å². The smallest absolute Gasteiger partial charge is 0.128 e. The van der Waals surface area contributed by atoms with Crippen LogP contribution >= 0.6 is 0 Å². The fraction of sp³-hybridized carbons (Fsp3) is 0.333. The first-order valence-electron chi connectivity index (χ1n) is 3.52. The summed E-state index contributed by atoms with van der Waals surface area (Å²) in [6.07, 6.45) is 6.37. The Morgan fingerprint density at radius 1 is 1.55 bits per heavy atom. The van der Waals surface area contributed by atoms with Crippen LogP contribution < -0.4 is 0 Å². The van der Waals surface area contributed by atoms with E-state index in [1.54, 1.807) is 6.08 Å². The molecule has 0 atom stereocenters. The average molecular weight is 149 g/mol. The highest BCUT2D eigenvalue weighted by Crippen LogP contribution is 2.16. The first kappa shape index (κ1) is 7.83. The van der Waals surface area contributed by atoms with Gasteiger partial charge in [0, 0.05) is 31.8 Å². The van der Waals surface area contributed by atoms with Crippen molar-refractivity contribution >= 4 is 5.94 Å². The van der Waals surface area contributed by atoms with Gasteiger partial charge in [0.05, 0.1) is 0 Å². The summed E-state index contributed by atoms with van der Waals surface area (Å²) in [7, 11) is 3.93.